The molecular formula is C21H29N3O3S. The number of ether oxygens (including phenoxy) is 2. The zero-order valence-electron chi connectivity index (χ0n) is 16.6. The van der Waals surface area contributed by atoms with Gasteiger partial charge in [-0.1, -0.05) is 12.1 Å². The van der Waals surface area contributed by atoms with Crippen LogP contribution in [0, 0.1) is 6.92 Å². The predicted molar refractivity (Wildman–Crippen MR) is 116 cm³/mol. The largest absolute Gasteiger partial charge is 0.385 e. The van der Waals surface area contributed by atoms with Crippen LogP contribution in [0.4, 0.5) is 0 Å². The number of nitrogens with one attached hydrogen (secondary N) is 2. The fourth-order valence-corrected chi connectivity index (χ4v) is 3.70. The number of aromatic nitrogens is 1. The molecule has 1 aromatic heterocycles. The minimum atomic E-state index is -0.0716. The van der Waals surface area contributed by atoms with Gasteiger partial charge in [-0.15, -0.1) is 0 Å². The molecule has 1 atom stereocenters. The van der Waals surface area contributed by atoms with Crippen molar-refractivity contribution in [2.75, 3.05) is 33.4 Å². The Labute approximate surface area is 171 Å². The first-order valence-electron chi connectivity index (χ1n) is 9.82. The van der Waals surface area contributed by atoms with Crippen molar-refractivity contribution in [3.63, 3.8) is 0 Å². The van der Waals surface area contributed by atoms with Crippen LogP contribution in [0.25, 0.3) is 10.9 Å². The van der Waals surface area contributed by atoms with Gasteiger partial charge in [0.25, 0.3) is 5.56 Å². The molecule has 0 unspecified atom stereocenters. The summed E-state index contributed by atoms with van der Waals surface area (Å²) in [5.41, 5.74) is 2.62. The lowest BCUT2D eigenvalue weighted by Crippen LogP contribution is -2.44. The number of benzene rings is 1. The molecule has 152 valence electrons. The van der Waals surface area contributed by atoms with Gasteiger partial charge in [0.1, 0.15) is 0 Å². The molecule has 2 heterocycles. The average Bonchev–Trinajstić information content (AvgIpc) is 3.18. The number of H-pyrrole nitrogens is 1. The quantitative estimate of drug-likeness (QED) is 0.522. The molecule has 2 N–H and O–H groups in total. The summed E-state index contributed by atoms with van der Waals surface area (Å²) in [4.78, 5) is 17.7. The van der Waals surface area contributed by atoms with Crippen molar-refractivity contribution in [3.8, 4) is 0 Å². The van der Waals surface area contributed by atoms with Crippen LogP contribution in [0.3, 0.4) is 0 Å². The molecule has 0 spiro atoms. The number of pyridine rings is 1. The van der Waals surface area contributed by atoms with Crippen molar-refractivity contribution in [1.82, 2.24) is 15.2 Å². The first-order chi connectivity index (χ1) is 13.6. The lowest BCUT2D eigenvalue weighted by Gasteiger charge is -2.28. The van der Waals surface area contributed by atoms with E-state index in [1.54, 1.807) is 7.11 Å². The number of nitrogens with zero attached hydrogens (tertiary/aromatic N) is 1. The molecule has 1 fully saturated rings. The lowest BCUT2D eigenvalue weighted by atomic mass is 10.1. The maximum Gasteiger partial charge on any atom is 0.253 e. The molecule has 7 heteroatoms. The van der Waals surface area contributed by atoms with E-state index in [-0.39, 0.29) is 11.7 Å². The summed E-state index contributed by atoms with van der Waals surface area (Å²) < 4.78 is 10.9. The van der Waals surface area contributed by atoms with Crippen molar-refractivity contribution >= 4 is 28.2 Å². The van der Waals surface area contributed by atoms with Crippen LogP contribution in [0.1, 0.15) is 30.4 Å². The average molecular weight is 404 g/mol. The highest BCUT2D eigenvalue weighted by Crippen LogP contribution is 2.17. The van der Waals surface area contributed by atoms with Crippen LogP contribution in [0.2, 0.25) is 0 Å². The van der Waals surface area contributed by atoms with Crippen LogP contribution in [0.15, 0.2) is 29.1 Å². The van der Waals surface area contributed by atoms with Gasteiger partial charge in [0.05, 0.1) is 12.6 Å². The normalized spacial score (nSPS) is 16.4. The van der Waals surface area contributed by atoms with Gasteiger partial charge in [0, 0.05) is 44.5 Å². The van der Waals surface area contributed by atoms with E-state index in [4.69, 9.17) is 21.7 Å². The van der Waals surface area contributed by atoms with E-state index in [1.807, 2.05) is 30.0 Å². The van der Waals surface area contributed by atoms with Crippen LogP contribution >= 0.6 is 12.2 Å². The summed E-state index contributed by atoms with van der Waals surface area (Å²) in [5.74, 6) is 0. The Kier molecular flexibility index (Phi) is 7.42. The van der Waals surface area contributed by atoms with Gasteiger partial charge in [0.15, 0.2) is 5.11 Å². The van der Waals surface area contributed by atoms with E-state index in [9.17, 15) is 4.79 Å². The van der Waals surface area contributed by atoms with Crippen LogP contribution < -0.4 is 10.9 Å². The van der Waals surface area contributed by atoms with Crippen molar-refractivity contribution < 1.29 is 9.47 Å². The van der Waals surface area contributed by atoms with E-state index in [1.165, 1.54) is 0 Å². The second-order valence-electron chi connectivity index (χ2n) is 7.31. The van der Waals surface area contributed by atoms with Crippen molar-refractivity contribution in [2.45, 2.75) is 38.8 Å². The van der Waals surface area contributed by atoms with Crippen molar-refractivity contribution in [3.05, 3.63) is 45.7 Å². The summed E-state index contributed by atoms with van der Waals surface area (Å²) in [5, 5.41) is 4.96. The molecule has 3 rings (SSSR count). The number of fused-ring (bicyclic) bond motifs is 1. The van der Waals surface area contributed by atoms with E-state index >= 15 is 0 Å². The highest BCUT2D eigenvalue weighted by Gasteiger charge is 2.22. The predicted octanol–water partition coefficient (Wildman–Crippen LogP) is 2.73. The van der Waals surface area contributed by atoms with Crippen LogP contribution in [-0.4, -0.2) is 54.5 Å². The van der Waals surface area contributed by atoms with E-state index in [0.29, 0.717) is 30.4 Å². The molecule has 6 nitrogen and oxygen atoms in total. The maximum absolute atomic E-state index is 12.6. The van der Waals surface area contributed by atoms with Gasteiger partial charge in [-0.05, 0) is 61.5 Å². The molecule has 1 aromatic carbocycles. The van der Waals surface area contributed by atoms with E-state index in [2.05, 4.69) is 16.4 Å². The number of rotatable bonds is 8. The number of thiocarbonyl (C=S) groups is 1. The number of hydrogen-bond acceptors (Lipinski definition) is 4. The molecule has 1 saturated heterocycles. The van der Waals surface area contributed by atoms with Crippen molar-refractivity contribution in [1.29, 1.82) is 0 Å². The topological polar surface area (TPSA) is 66.6 Å². The summed E-state index contributed by atoms with van der Waals surface area (Å²) in [6, 6.07) is 8.04. The van der Waals surface area contributed by atoms with Crippen LogP contribution in [-0.2, 0) is 16.0 Å². The summed E-state index contributed by atoms with van der Waals surface area (Å²) in [6.07, 6.45) is 3.12. The third-order valence-electron chi connectivity index (χ3n) is 4.98. The Hall–Kier alpha value is -1.96. The molecule has 2 aromatic rings. The third kappa shape index (κ3) is 5.53. The zero-order valence-corrected chi connectivity index (χ0v) is 17.4. The molecular weight excluding hydrogens is 374 g/mol. The summed E-state index contributed by atoms with van der Waals surface area (Å²) >= 11 is 5.62. The Balaban J connectivity index is 1.76. The summed E-state index contributed by atoms with van der Waals surface area (Å²) in [7, 11) is 1.69. The molecule has 1 aliphatic heterocycles. The fourth-order valence-electron chi connectivity index (χ4n) is 3.46. The molecule has 0 bridgehead atoms. The van der Waals surface area contributed by atoms with E-state index in [0.717, 1.165) is 48.9 Å². The molecule has 0 saturated carbocycles. The van der Waals surface area contributed by atoms with Crippen molar-refractivity contribution in [2.24, 2.45) is 0 Å². The standard InChI is InChI=1S/C21H29N3O3S/c1-15-6-7-16-12-17(20(25)23-19(16)11-15)13-24(14-18-5-3-10-27-18)21(28)22-8-4-9-26-2/h6-7,11-12,18H,3-5,8-10,13-14H2,1-2H3,(H,22,28)(H,23,25)/t18-/m0/s1. The number of methoxy groups -OCH3 is 1. The molecule has 28 heavy (non-hydrogen) atoms. The highest BCUT2D eigenvalue weighted by molar-refractivity contribution is 7.80. The molecule has 0 amide bonds. The highest BCUT2D eigenvalue weighted by atomic mass is 32.1. The first-order valence-corrected chi connectivity index (χ1v) is 10.2. The molecule has 0 radical (unpaired) electrons. The molecule has 0 aliphatic carbocycles. The minimum absolute atomic E-state index is 0.0716. The maximum atomic E-state index is 12.6. The second-order valence-corrected chi connectivity index (χ2v) is 7.69. The number of aryl methyl sites for hydroxylation is 1. The monoisotopic (exact) mass is 403 g/mol. The summed E-state index contributed by atoms with van der Waals surface area (Å²) in [6.45, 7) is 5.37. The second kappa shape index (κ2) is 10.0. The number of aromatic amines is 1. The number of hydrogen-bond donors (Lipinski definition) is 2. The Morgan fingerprint density at radius 3 is 3.04 bits per heavy atom. The SMILES string of the molecule is COCCCNC(=S)N(Cc1cc2ccc(C)cc2[nH]c1=O)C[C@@H]1CCCO1. The Bertz CT molecular complexity index is 862. The van der Waals surface area contributed by atoms with Crippen LogP contribution in [0.5, 0.6) is 0 Å². The van der Waals surface area contributed by atoms with Gasteiger partial charge in [0.2, 0.25) is 0 Å². The lowest BCUT2D eigenvalue weighted by molar-refractivity contribution is 0.0896. The Morgan fingerprint density at radius 1 is 1.43 bits per heavy atom. The van der Waals surface area contributed by atoms with Gasteiger partial charge < -0.3 is 24.7 Å². The Morgan fingerprint density at radius 2 is 2.29 bits per heavy atom. The minimum Gasteiger partial charge on any atom is -0.385 e. The third-order valence-corrected chi connectivity index (χ3v) is 5.38. The van der Waals surface area contributed by atoms with Gasteiger partial charge in [-0.25, -0.2) is 0 Å². The van der Waals surface area contributed by atoms with Gasteiger partial charge in [-0.3, -0.25) is 4.79 Å². The zero-order chi connectivity index (χ0) is 19.9. The van der Waals surface area contributed by atoms with Gasteiger partial charge in [-0.2, -0.15) is 0 Å². The molecule has 1 aliphatic rings. The smallest absolute Gasteiger partial charge is 0.253 e. The first kappa shape index (κ1) is 20.8. The fraction of sp³-hybridized carbons (Fsp3) is 0.524. The van der Waals surface area contributed by atoms with E-state index < -0.39 is 0 Å². The van der Waals surface area contributed by atoms with Gasteiger partial charge >= 0.3 is 0 Å².